The molecule has 128 valence electrons. The summed E-state index contributed by atoms with van der Waals surface area (Å²) in [5, 5.41) is 0. The van der Waals surface area contributed by atoms with Crippen LogP contribution < -0.4 is 10.5 Å². The number of benzene rings is 2. The third kappa shape index (κ3) is 5.10. The van der Waals surface area contributed by atoms with Crippen molar-refractivity contribution in [1.82, 2.24) is 4.90 Å². The molecule has 24 heavy (non-hydrogen) atoms. The van der Waals surface area contributed by atoms with Crippen molar-refractivity contribution in [3.05, 3.63) is 65.7 Å². The molecule has 0 radical (unpaired) electrons. The Labute approximate surface area is 144 Å². The first kappa shape index (κ1) is 18.0. The summed E-state index contributed by atoms with van der Waals surface area (Å²) in [6.45, 7) is 5.73. The minimum absolute atomic E-state index is 0.0262. The first-order valence-electron chi connectivity index (χ1n) is 8.13. The highest BCUT2D eigenvalue weighted by molar-refractivity contribution is 5.94. The lowest BCUT2D eigenvalue weighted by Crippen LogP contribution is -2.39. The van der Waals surface area contributed by atoms with Gasteiger partial charge in [0.15, 0.2) is 0 Å². The van der Waals surface area contributed by atoms with Crippen LogP contribution in [0.4, 0.5) is 0 Å². The Morgan fingerprint density at radius 1 is 1.12 bits per heavy atom. The highest BCUT2D eigenvalue weighted by Gasteiger charge is 2.22. The molecule has 0 saturated heterocycles. The predicted octanol–water partition coefficient (Wildman–Crippen LogP) is 3.32. The number of nitrogens with two attached hydrogens (primary N) is 1. The SMILES string of the molecule is CN(CC(C)(C)CN)C(=O)c1cccc(OCc2ccccc2)c1. The van der Waals surface area contributed by atoms with Crippen LogP contribution in [0.15, 0.2) is 54.6 Å². The maximum atomic E-state index is 12.6. The molecule has 0 bridgehead atoms. The number of nitrogens with zero attached hydrogens (tertiary/aromatic N) is 1. The summed E-state index contributed by atoms with van der Waals surface area (Å²) >= 11 is 0. The summed E-state index contributed by atoms with van der Waals surface area (Å²) in [6, 6.07) is 17.3. The van der Waals surface area contributed by atoms with Gasteiger partial charge >= 0.3 is 0 Å². The van der Waals surface area contributed by atoms with Crippen LogP contribution in [0, 0.1) is 5.41 Å². The quantitative estimate of drug-likeness (QED) is 0.849. The minimum atomic E-state index is -0.105. The van der Waals surface area contributed by atoms with E-state index in [-0.39, 0.29) is 11.3 Å². The van der Waals surface area contributed by atoms with Crippen molar-refractivity contribution >= 4 is 5.91 Å². The van der Waals surface area contributed by atoms with Gasteiger partial charge in [-0.2, -0.15) is 0 Å². The lowest BCUT2D eigenvalue weighted by atomic mass is 9.93. The smallest absolute Gasteiger partial charge is 0.253 e. The topological polar surface area (TPSA) is 55.6 Å². The van der Waals surface area contributed by atoms with Crippen LogP contribution >= 0.6 is 0 Å². The fraction of sp³-hybridized carbons (Fsp3) is 0.350. The molecule has 0 aliphatic carbocycles. The van der Waals surface area contributed by atoms with Crippen molar-refractivity contribution in [2.45, 2.75) is 20.5 Å². The van der Waals surface area contributed by atoms with Crippen LogP contribution in [-0.2, 0) is 6.61 Å². The fourth-order valence-corrected chi connectivity index (χ4v) is 2.46. The molecule has 2 N–H and O–H groups in total. The molecule has 0 aliphatic heterocycles. The third-order valence-electron chi connectivity index (χ3n) is 3.89. The van der Waals surface area contributed by atoms with E-state index in [0.29, 0.717) is 31.0 Å². The summed E-state index contributed by atoms with van der Waals surface area (Å²) < 4.78 is 5.79. The normalized spacial score (nSPS) is 11.2. The Balaban J connectivity index is 2.02. The van der Waals surface area contributed by atoms with E-state index in [2.05, 4.69) is 13.8 Å². The summed E-state index contributed by atoms with van der Waals surface area (Å²) in [6.07, 6.45) is 0. The number of hydrogen-bond donors (Lipinski definition) is 1. The lowest BCUT2D eigenvalue weighted by Gasteiger charge is -2.29. The second kappa shape index (κ2) is 7.97. The van der Waals surface area contributed by atoms with Crippen molar-refractivity contribution < 1.29 is 9.53 Å². The number of ether oxygens (including phenoxy) is 1. The van der Waals surface area contributed by atoms with E-state index in [9.17, 15) is 4.79 Å². The van der Waals surface area contributed by atoms with Crippen molar-refractivity contribution in [3.63, 3.8) is 0 Å². The number of rotatable bonds is 7. The Bertz CT molecular complexity index is 668. The maximum absolute atomic E-state index is 12.6. The molecule has 4 nitrogen and oxygen atoms in total. The monoisotopic (exact) mass is 326 g/mol. The van der Waals surface area contributed by atoms with Crippen molar-refractivity contribution in [2.24, 2.45) is 11.1 Å². The summed E-state index contributed by atoms with van der Waals surface area (Å²) in [4.78, 5) is 14.3. The van der Waals surface area contributed by atoms with E-state index in [1.165, 1.54) is 0 Å². The Kier molecular flexibility index (Phi) is 5.99. The molecule has 0 fully saturated rings. The van der Waals surface area contributed by atoms with E-state index in [4.69, 9.17) is 10.5 Å². The molecule has 0 unspecified atom stereocenters. The van der Waals surface area contributed by atoms with E-state index < -0.39 is 0 Å². The van der Waals surface area contributed by atoms with Crippen LogP contribution in [0.3, 0.4) is 0 Å². The minimum Gasteiger partial charge on any atom is -0.489 e. The van der Waals surface area contributed by atoms with Crippen molar-refractivity contribution in [2.75, 3.05) is 20.1 Å². The van der Waals surface area contributed by atoms with Crippen LogP contribution in [0.5, 0.6) is 5.75 Å². The van der Waals surface area contributed by atoms with Crippen molar-refractivity contribution in [1.29, 1.82) is 0 Å². The highest BCUT2D eigenvalue weighted by atomic mass is 16.5. The number of hydrogen-bond acceptors (Lipinski definition) is 3. The number of carbonyl (C=O) groups excluding carboxylic acids is 1. The zero-order valence-electron chi connectivity index (χ0n) is 14.7. The van der Waals surface area contributed by atoms with E-state index in [1.807, 2.05) is 48.5 Å². The third-order valence-corrected chi connectivity index (χ3v) is 3.89. The molecule has 2 rings (SSSR count). The Morgan fingerprint density at radius 3 is 2.50 bits per heavy atom. The zero-order valence-corrected chi connectivity index (χ0v) is 14.7. The molecule has 0 spiro atoms. The van der Waals surface area contributed by atoms with E-state index in [1.54, 1.807) is 18.0 Å². The molecule has 4 heteroatoms. The van der Waals surface area contributed by atoms with Gasteiger partial charge in [0.2, 0.25) is 0 Å². The highest BCUT2D eigenvalue weighted by Crippen LogP contribution is 2.19. The second-order valence-electron chi connectivity index (χ2n) is 6.83. The molecule has 0 aliphatic rings. The average Bonchev–Trinajstić information content (AvgIpc) is 2.60. The maximum Gasteiger partial charge on any atom is 0.253 e. The number of carbonyl (C=O) groups is 1. The average molecular weight is 326 g/mol. The molecule has 0 atom stereocenters. The summed E-state index contributed by atoms with van der Waals surface area (Å²) in [7, 11) is 1.80. The first-order valence-corrected chi connectivity index (χ1v) is 8.13. The standard InChI is InChI=1S/C20H26N2O2/c1-20(2,14-21)15-22(3)19(23)17-10-7-11-18(12-17)24-13-16-8-5-4-6-9-16/h4-12H,13-15,21H2,1-3H3. The van der Waals surface area contributed by atoms with E-state index >= 15 is 0 Å². The van der Waals surface area contributed by atoms with Gasteiger partial charge in [-0.1, -0.05) is 50.2 Å². The second-order valence-corrected chi connectivity index (χ2v) is 6.83. The van der Waals surface area contributed by atoms with Gasteiger partial charge in [0, 0.05) is 19.2 Å². The van der Waals surface area contributed by atoms with E-state index in [0.717, 1.165) is 5.56 Å². The zero-order chi connectivity index (χ0) is 17.6. The fourth-order valence-electron chi connectivity index (χ4n) is 2.46. The molecule has 0 saturated carbocycles. The van der Waals surface area contributed by atoms with Crippen LogP contribution in [0.2, 0.25) is 0 Å². The van der Waals surface area contributed by atoms with Gasteiger partial charge in [0.25, 0.3) is 5.91 Å². The van der Waals surface area contributed by atoms with Crippen LogP contribution in [0.25, 0.3) is 0 Å². The van der Waals surface area contributed by atoms with Gasteiger partial charge in [-0.25, -0.2) is 0 Å². The summed E-state index contributed by atoms with van der Waals surface area (Å²) in [5.41, 5.74) is 7.36. The van der Waals surface area contributed by atoms with Gasteiger partial charge in [-0.15, -0.1) is 0 Å². The van der Waals surface area contributed by atoms with Crippen molar-refractivity contribution in [3.8, 4) is 5.75 Å². The van der Waals surface area contributed by atoms with Gasteiger partial charge in [0.05, 0.1) is 0 Å². The van der Waals surface area contributed by atoms with Gasteiger partial charge in [0.1, 0.15) is 12.4 Å². The predicted molar refractivity (Wildman–Crippen MR) is 97.0 cm³/mol. The molecular formula is C20H26N2O2. The summed E-state index contributed by atoms with van der Waals surface area (Å²) in [5.74, 6) is 0.665. The largest absolute Gasteiger partial charge is 0.489 e. The van der Waals surface area contributed by atoms with Crippen LogP contribution in [-0.4, -0.2) is 30.9 Å². The lowest BCUT2D eigenvalue weighted by molar-refractivity contribution is 0.0740. The molecule has 0 heterocycles. The molecule has 1 amide bonds. The molecule has 2 aromatic carbocycles. The van der Waals surface area contributed by atoms with Gasteiger partial charge in [-0.3, -0.25) is 4.79 Å². The number of amides is 1. The molecule has 0 aromatic heterocycles. The molecule has 2 aromatic rings. The first-order chi connectivity index (χ1) is 11.4. The Hall–Kier alpha value is -2.33. The Morgan fingerprint density at radius 2 is 1.83 bits per heavy atom. The van der Waals surface area contributed by atoms with Gasteiger partial charge < -0.3 is 15.4 Å². The van der Waals surface area contributed by atoms with Crippen LogP contribution in [0.1, 0.15) is 29.8 Å². The molecular weight excluding hydrogens is 300 g/mol. The van der Waals surface area contributed by atoms with Gasteiger partial charge in [-0.05, 0) is 35.7 Å².